The van der Waals surface area contributed by atoms with E-state index in [1.165, 1.54) is 0 Å². The molecule has 2 nitrogen and oxygen atoms in total. The Balaban J connectivity index is 2.20. The normalized spacial score (nSPS) is 10.3. The van der Waals surface area contributed by atoms with Crippen LogP contribution in [-0.2, 0) is 4.79 Å². The summed E-state index contributed by atoms with van der Waals surface area (Å²) < 4.78 is 0. The van der Waals surface area contributed by atoms with Crippen LogP contribution in [0.4, 0.5) is 0 Å². The van der Waals surface area contributed by atoms with Crippen molar-refractivity contribution in [2.24, 2.45) is 5.92 Å². The van der Waals surface area contributed by atoms with Crippen molar-refractivity contribution in [3.8, 4) is 11.8 Å². The van der Waals surface area contributed by atoms with Gasteiger partial charge in [-0.3, -0.25) is 4.79 Å². The summed E-state index contributed by atoms with van der Waals surface area (Å²) in [5.74, 6) is 6.64. The minimum atomic E-state index is -0.0234. The fourth-order valence-corrected chi connectivity index (χ4v) is 1.40. The minimum absolute atomic E-state index is 0.0234. The second kappa shape index (κ2) is 8.99. The van der Waals surface area contributed by atoms with Crippen molar-refractivity contribution in [1.29, 1.82) is 0 Å². The number of benzene rings is 1. The second-order valence-corrected chi connectivity index (χ2v) is 4.75. The molecular weight excluding hydrogens is 234 g/mol. The number of rotatable bonds is 5. The first-order chi connectivity index (χ1) is 9.18. The van der Waals surface area contributed by atoms with Gasteiger partial charge in [-0.25, -0.2) is 0 Å². The fraction of sp³-hybridized carbons (Fsp3) is 0.353. The summed E-state index contributed by atoms with van der Waals surface area (Å²) in [5, 5.41) is 2.84. The third-order valence-electron chi connectivity index (χ3n) is 2.40. The number of carbonyl (C=O) groups excluding carboxylic acids is 1. The molecule has 0 aromatic heterocycles. The zero-order valence-corrected chi connectivity index (χ0v) is 11.6. The number of amides is 1. The number of nitrogens with one attached hydrogen (secondary N) is 1. The van der Waals surface area contributed by atoms with Gasteiger partial charge in [0.15, 0.2) is 0 Å². The average molecular weight is 255 g/mol. The molecule has 100 valence electrons. The lowest BCUT2D eigenvalue weighted by Crippen LogP contribution is -2.25. The SMILES string of the molecule is CC(C)CNC(=O)C=CCCC#Cc1ccccc1. The van der Waals surface area contributed by atoms with Gasteiger partial charge in [0.25, 0.3) is 0 Å². The first kappa shape index (κ1) is 15.0. The molecule has 1 aromatic carbocycles. The fourth-order valence-electron chi connectivity index (χ4n) is 1.40. The molecule has 1 aromatic rings. The molecule has 0 aliphatic rings. The zero-order chi connectivity index (χ0) is 13.9. The molecule has 1 rings (SSSR count). The van der Waals surface area contributed by atoms with Crippen molar-refractivity contribution >= 4 is 5.91 Å². The Morgan fingerprint density at radius 2 is 2.05 bits per heavy atom. The highest BCUT2D eigenvalue weighted by Gasteiger charge is 1.96. The molecule has 1 amide bonds. The van der Waals surface area contributed by atoms with Gasteiger partial charge in [0.05, 0.1) is 0 Å². The summed E-state index contributed by atoms with van der Waals surface area (Å²) >= 11 is 0. The van der Waals surface area contributed by atoms with Crippen molar-refractivity contribution in [3.05, 3.63) is 48.0 Å². The number of hydrogen-bond donors (Lipinski definition) is 1. The lowest BCUT2D eigenvalue weighted by molar-refractivity contribution is -0.116. The molecule has 0 saturated heterocycles. The Bertz CT molecular complexity index is 463. The van der Waals surface area contributed by atoms with Gasteiger partial charge >= 0.3 is 0 Å². The van der Waals surface area contributed by atoms with E-state index in [-0.39, 0.29) is 5.91 Å². The summed E-state index contributed by atoms with van der Waals surface area (Å²) in [6.45, 7) is 4.86. The first-order valence-electron chi connectivity index (χ1n) is 6.67. The van der Waals surface area contributed by atoms with E-state index in [9.17, 15) is 4.79 Å². The summed E-state index contributed by atoms with van der Waals surface area (Å²) in [6, 6.07) is 9.90. The van der Waals surface area contributed by atoms with Gasteiger partial charge in [-0.05, 0) is 30.5 Å². The summed E-state index contributed by atoms with van der Waals surface area (Å²) in [5.41, 5.74) is 1.03. The largest absolute Gasteiger partial charge is 0.352 e. The van der Waals surface area contributed by atoms with E-state index in [1.54, 1.807) is 6.08 Å². The maximum atomic E-state index is 11.4. The summed E-state index contributed by atoms with van der Waals surface area (Å²) in [7, 11) is 0. The van der Waals surface area contributed by atoms with Crippen LogP contribution in [0.2, 0.25) is 0 Å². The molecule has 0 radical (unpaired) electrons. The molecule has 0 aliphatic carbocycles. The van der Waals surface area contributed by atoms with Crippen LogP contribution in [0.15, 0.2) is 42.5 Å². The van der Waals surface area contributed by atoms with Crippen molar-refractivity contribution < 1.29 is 4.79 Å². The molecule has 0 heterocycles. The molecule has 0 aliphatic heterocycles. The van der Waals surface area contributed by atoms with Crippen molar-refractivity contribution in [1.82, 2.24) is 5.32 Å². The highest BCUT2D eigenvalue weighted by atomic mass is 16.1. The van der Waals surface area contributed by atoms with E-state index < -0.39 is 0 Å². The highest BCUT2D eigenvalue weighted by molar-refractivity contribution is 5.87. The molecule has 2 heteroatoms. The maximum absolute atomic E-state index is 11.4. The van der Waals surface area contributed by atoms with Crippen LogP contribution < -0.4 is 5.32 Å². The average Bonchev–Trinajstić information content (AvgIpc) is 2.41. The van der Waals surface area contributed by atoms with E-state index in [2.05, 4.69) is 31.0 Å². The number of carbonyl (C=O) groups is 1. The van der Waals surface area contributed by atoms with Crippen LogP contribution in [0.1, 0.15) is 32.3 Å². The maximum Gasteiger partial charge on any atom is 0.243 e. The van der Waals surface area contributed by atoms with E-state index >= 15 is 0 Å². The van der Waals surface area contributed by atoms with Gasteiger partial charge in [0, 0.05) is 18.5 Å². The Morgan fingerprint density at radius 3 is 2.74 bits per heavy atom. The number of allylic oxidation sites excluding steroid dienone is 1. The minimum Gasteiger partial charge on any atom is -0.352 e. The van der Waals surface area contributed by atoms with E-state index in [0.717, 1.165) is 24.9 Å². The van der Waals surface area contributed by atoms with Crippen LogP contribution in [0, 0.1) is 17.8 Å². The van der Waals surface area contributed by atoms with Crippen LogP contribution in [0.25, 0.3) is 0 Å². The van der Waals surface area contributed by atoms with Crippen molar-refractivity contribution in [2.75, 3.05) is 6.54 Å². The predicted molar refractivity (Wildman–Crippen MR) is 79.5 cm³/mol. The van der Waals surface area contributed by atoms with Gasteiger partial charge < -0.3 is 5.32 Å². The topological polar surface area (TPSA) is 29.1 Å². The Kier molecular flexibility index (Phi) is 7.12. The van der Waals surface area contributed by atoms with E-state index in [1.807, 2.05) is 36.4 Å². The number of hydrogen-bond acceptors (Lipinski definition) is 1. The monoisotopic (exact) mass is 255 g/mol. The lowest BCUT2D eigenvalue weighted by Gasteiger charge is -2.03. The molecule has 0 bridgehead atoms. The van der Waals surface area contributed by atoms with Crippen LogP contribution in [-0.4, -0.2) is 12.5 Å². The van der Waals surface area contributed by atoms with Gasteiger partial charge in [-0.15, -0.1) is 0 Å². The van der Waals surface area contributed by atoms with Gasteiger partial charge in [0.1, 0.15) is 0 Å². The van der Waals surface area contributed by atoms with E-state index in [4.69, 9.17) is 0 Å². The first-order valence-corrected chi connectivity index (χ1v) is 6.67. The second-order valence-electron chi connectivity index (χ2n) is 4.75. The molecule has 0 atom stereocenters. The van der Waals surface area contributed by atoms with Crippen molar-refractivity contribution in [2.45, 2.75) is 26.7 Å². The highest BCUT2D eigenvalue weighted by Crippen LogP contribution is 1.96. The third-order valence-corrected chi connectivity index (χ3v) is 2.40. The van der Waals surface area contributed by atoms with Crippen molar-refractivity contribution in [3.63, 3.8) is 0 Å². The molecule has 19 heavy (non-hydrogen) atoms. The van der Waals surface area contributed by atoms with Crippen LogP contribution in [0.5, 0.6) is 0 Å². The summed E-state index contributed by atoms with van der Waals surface area (Å²) in [4.78, 5) is 11.4. The van der Waals surface area contributed by atoms with Gasteiger partial charge in [-0.1, -0.05) is 50.0 Å². The van der Waals surface area contributed by atoms with E-state index in [0.29, 0.717) is 5.92 Å². The van der Waals surface area contributed by atoms with Gasteiger partial charge in [-0.2, -0.15) is 0 Å². The lowest BCUT2D eigenvalue weighted by atomic mass is 10.2. The zero-order valence-electron chi connectivity index (χ0n) is 11.6. The smallest absolute Gasteiger partial charge is 0.243 e. The molecular formula is C17H21NO. The molecule has 1 N–H and O–H groups in total. The Morgan fingerprint density at radius 1 is 1.32 bits per heavy atom. The number of unbranched alkanes of at least 4 members (excludes halogenated alkanes) is 1. The van der Waals surface area contributed by atoms with Crippen LogP contribution in [0.3, 0.4) is 0 Å². The standard InChI is InChI=1S/C17H21NO/c1-15(2)14-18-17(19)13-9-4-3-6-10-16-11-7-5-8-12-16/h5,7-9,11-13,15H,3-4,14H2,1-2H3,(H,18,19). The van der Waals surface area contributed by atoms with Crippen LogP contribution >= 0.6 is 0 Å². The third kappa shape index (κ3) is 7.83. The quantitative estimate of drug-likeness (QED) is 0.489. The molecule has 0 fully saturated rings. The van der Waals surface area contributed by atoms with Gasteiger partial charge in [0.2, 0.25) is 5.91 Å². The Labute approximate surface area is 115 Å². The molecule has 0 unspecified atom stereocenters. The predicted octanol–water partition coefficient (Wildman–Crippen LogP) is 3.15. The molecule has 0 saturated carbocycles. The Hall–Kier alpha value is -2.01. The molecule has 0 spiro atoms. The summed E-state index contributed by atoms with van der Waals surface area (Å²) in [6.07, 6.45) is 5.03.